The van der Waals surface area contributed by atoms with Crippen molar-refractivity contribution in [3.8, 4) is 11.5 Å². The van der Waals surface area contributed by atoms with Gasteiger partial charge in [-0.05, 0) is 61.7 Å². The maximum atomic E-state index is 5.92. The fourth-order valence-corrected chi connectivity index (χ4v) is 2.95. The number of aryl methyl sites for hydroxylation is 1. The maximum Gasteiger partial charge on any atom is 0.130 e. The number of halogens is 2. The van der Waals surface area contributed by atoms with E-state index in [2.05, 4.69) is 37.9 Å². The molecule has 1 unspecified atom stereocenters. The monoisotopic (exact) mass is 397 g/mol. The van der Waals surface area contributed by atoms with Crippen LogP contribution in [0, 0.1) is 6.92 Å². The summed E-state index contributed by atoms with van der Waals surface area (Å²) in [5, 5.41) is 0. The van der Waals surface area contributed by atoms with Gasteiger partial charge < -0.3 is 10.5 Å². The van der Waals surface area contributed by atoms with Crippen LogP contribution in [0.5, 0.6) is 11.5 Å². The fourth-order valence-electron chi connectivity index (χ4n) is 1.96. The lowest BCUT2D eigenvalue weighted by Gasteiger charge is -2.12. The number of nitrogens with two attached hydrogens (primary N) is 1. The Balaban J connectivity index is 2.20. The molecular formula is C16H17Br2NO. The summed E-state index contributed by atoms with van der Waals surface area (Å²) >= 11 is 7.03. The van der Waals surface area contributed by atoms with Crippen LogP contribution in [0.2, 0.25) is 0 Å². The summed E-state index contributed by atoms with van der Waals surface area (Å²) in [4.78, 5) is 0. The zero-order chi connectivity index (χ0) is 14.7. The zero-order valence-electron chi connectivity index (χ0n) is 11.5. The van der Waals surface area contributed by atoms with Crippen LogP contribution in [-0.2, 0) is 6.42 Å². The Morgan fingerprint density at radius 2 is 1.90 bits per heavy atom. The van der Waals surface area contributed by atoms with E-state index in [0.717, 1.165) is 32.4 Å². The van der Waals surface area contributed by atoms with Gasteiger partial charge in [0, 0.05) is 15.0 Å². The molecule has 2 N–H and O–H groups in total. The molecule has 1 atom stereocenters. The van der Waals surface area contributed by atoms with Crippen molar-refractivity contribution in [1.82, 2.24) is 0 Å². The van der Waals surface area contributed by atoms with Crippen LogP contribution in [0.25, 0.3) is 0 Å². The first kappa shape index (κ1) is 15.5. The number of hydrogen-bond donors (Lipinski definition) is 1. The summed E-state index contributed by atoms with van der Waals surface area (Å²) < 4.78 is 8.00. The highest BCUT2D eigenvalue weighted by Crippen LogP contribution is 2.30. The van der Waals surface area contributed by atoms with Gasteiger partial charge in [0.05, 0.1) is 0 Å². The van der Waals surface area contributed by atoms with Gasteiger partial charge >= 0.3 is 0 Å². The number of benzene rings is 2. The molecule has 2 nitrogen and oxygen atoms in total. The lowest BCUT2D eigenvalue weighted by molar-refractivity contribution is 0.478. The lowest BCUT2D eigenvalue weighted by atomic mass is 10.1. The van der Waals surface area contributed by atoms with E-state index in [1.165, 1.54) is 5.56 Å². The van der Waals surface area contributed by atoms with Gasteiger partial charge in [0.15, 0.2) is 0 Å². The van der Waals surface area contributed by atoms with Crippen molar-refractivity contribution >= 4 is 31.9 Å². The Hall–Kier alpha value is -0.840. The molecule has 0 saturated carbocycles. The standard InChI is InChI=1S/C16H17Br2NO/c1-10-7-13(17)4-6-16(10)20-14-5-3-12(8-11(2)19)15(18)9-14/h3-7,9,11H,8,19H2,1-2H3. The third-order valence-corrected chi connectivity index (χ3v) is 4.16. The molecule has 0 aliphatic heterocycles. The van der Waals surface area contributed by atoms with Crippen molar-refractivity contribution in [3.05, 3.63) is 56.5 Å². The second kappa shape index (κ2) is 6.74. The minimum absolute atomic E-state index is 0.145. The van der Waals surface area contributed by atoms with Gasteiger partial charge in [-0.1, -0.05) is 37.9 Å². The van der Waals surface area contributed by atoms with E-state index in [4.69, 9.17) is 10.5 Å². The first-order chi connectivity index (χ1) is 9.45. The Bertz CT molecular complexity index is 611. The molecular weight excluding hydrogens is 382 g/mol. The summed E-state index contributed by atoms with van der Waals surface area (Å²) in [6.07, 6.45) is 0.845. The summed E-state index contributed by atoms with van der Waals surface area (Å²) in [6, 6.07) is 12.1. The van der Waals surface area contributed by atoms with Crippen molar-refractivity contribution in [3.63, 3.8) is 0 Å². The van der Waals surface area contributed by atoms with Crippen LogP contribution in [0.3, 0.4) is 0 Å². The van der Waals surface area contributed by atoms with E-state index in [1.54, 1.807) is 0 Å². The third-order valence-electron chi connectivity index (χ3n) is 2.93. The summed E-state index contributed by atoms with van der Waals surface area (Å²) in [5.74, 6) is 1.68. The third kappa shape index (κ3) is 4.08. The highest BCUT2D eigenvalue weighted by molar-refractivity contribution is 9.10. The van der Waals surface area contributed by atoms with Crippen molar-refractivity contribution in [2.75, 3.05) is 0 Å². The molecule has 0 bridgehead atoms. The number of hydrogen-bond acceptors (Lipinski definition) is 2. The Morgan fingerprint density at radius 1 is 1.15 bits per heavy atom. The van der Waals surface area contributed by atoms with E-state index in [9.17, 15) is 0 Å². The van der Waals surface area contributed by atoms with Crippen LogP contribution in [0.15, 0.2) is 45.3 Å². The average molecular weight is 399 g/mol. The smallest absolute Gasteiger partial charge is 0.130 e. The molecule has 2 aromatic carbocycles. The first-order valence-electron chi connectivity index (χ1n) is 6.43. The van der Waals surface area contributed by atoms with Crippen molar-refractivity contribution < 1.29 is 4.74 Å². The molecule has 2 aromatic rings. The molecule has 0 fully saturated rings. The van der Waals surface area contributed by atoms with Crippen LogP contribution < -0.4 is 10.5 Å². The summed E-state index contributed by atoms with van der Waals surface area (Å²) in [7, 11) is 0. The average Bonchev–Trinajstić information content (AvgIpc) is 2.36. The molecule has 0 aliphatic carbocycles. The predicted octanol–water partition coefficient (Wildman–Crippen LogP) is 5.20. The van der Waals surface area contributed by atoms with Gasteiger partial charge in [0.2, 0.25) is 0 Å². The largest absolute Gasteiger partial charge is 0.457 e. The molecule has 20 heavy (non-hydrogen) atoms. The van der Waals surface area contributed by atoms with Crippen LogP contribution >= 0.6 is 31.9 Å². The molecule has 0 spiro atoms. The maximum absolute atomic E-state index is 5.92. The van der Waals surface area contributed by atoms with Gasteiger partial charge in [0.1, 0.15) is 11.5 Å². The summed E-state index contributed by atoms with van der Waals surface area (Å²) in [5.41, 5.74) is 8.12. The van der Waals surface area contributed by atoms with E-state index in [0.29, 0.717) is 0 Å². The quantitative estimate of drug-likeness (QED) is 0.767. The summed E-state index contributed by atoms with van der Waals surface area (Å²) in [6.45, 7) is 4.03. The van der Waals surface area contributed by atoms with E-state index < -0.39 is 0 Å². The molecule has 4 heteroatoms. The molecule has 0 amide bonds. The van der Waals surface area contributed by atoms with E-state index >= 15 is 0 Å². The van der Waals surface area contributed by atoms with Crippen LogP contribution in [0.4, 0.5) is 0 Å². The van der Waals surface area contributed by atoms with Crippen LogP contribution in [0.1, 0.15) is 18.1 Å². The molecule has 0 radical (unpaired) electrons. The van der Waals surface area contributed by atoms with Gasteiger partial charge in [-0.15, -0.1) is 0 Å². The van der Waals surface area contributed by atoms with Gasteiger partial charge in [0.25, 0.3) is 0 Å². The Morgan fingerprint density at radius 3 is 2.50 bits per heavy atom. The van der Waals surface area contributed by atoms with E-state index in [-0.39, 0.29) is 6.04 Å². The highest BCUT2D eigenvalue weighted by Gasteiger charge is 2.07. The van der Waals surface area contributed by atoms with Crippen LogP contribution in [-0.4, -0.2) is 6.04 Å². The van der Waals surface area contributed by atoms with Gasteiger partial charge in [-0.2, -0.15) is 0 Å². The highest BCUT2D eigenvalue weighted by atomic mass is 79.9. The van der Waals surface area contributed by atoms with Gasteiger partial charge in [-0.3, -0.25) is 0 Å². The fraction of sp³-hybridized carbons (Fsp3) is 0.250. The van der Waals surface area contributed by atoms with Gasteiger partial charge in [-0.25, -0.2) is 0 Å². The first-order valence-corrected chi connectivity index (χ1v) is 8.02. The molecule has 0 aliphatic rings. The molecule has 2 rings (SSSR count). The SMILES string of the molecule is Cc1cc(Br)ccc1Oc1ccc(CC(C)N)c(Br)c1. The molecule has 0 aromatic heterocycles. The minimum Gasteiger partial charge on any atom is -0.457 e. The number of ether oxygens (including phenoxy) is 1. The lowest BCUT2D eigenvalue weighted by Crippen LogP contribution is -2.17. The zero-order valence-corrected chi connectivity index (χ0v) is 14.7. The van der Waals surface area contributed by atoms with E-state index in [1.807, 2.05) is 44.2 Å². The minimum atomic E-state index is 0.145. The normalized spacial score (nSPS) is 12.2. The predicted molar refractivity (Wildman–Crippen MR) is 90.4 cm³/mol. The molecule has 0 saturated heterocycles. The Kier molecular flexibility index (Phi) is 5.24. The molecule has 106 valence electrons. The second-order valence-electron chi connectivity index (χ2n) is 4.95. The van der Waals surface area contributed by atoms with Crippen molar-refractivity contribution in [2.45, 2.75) is 26.3 Å². The number of rotatable bonds is 4. The van der Waals surface area contributed by atoms with Crippen molar-refractivity contribution in [2.24, 2.45) is 5.73 Å². The van der Waals surface area contributed by atoms with Crippen molar-refractivity contribution in [1.29, 1.82) is 0 Å². The Labute approximate surface area is 136 Å². The molecule has 0 heterocycles. The topological polar surface area (TPSA) is 35.2 Å². The second-order valence-corrected chi connectivity index (χ2v) is 6.72.